The third-order valence-electron chi connectivity index (χ3n) is 2.89. The third kappa shape index (κ3) is 21.0. The highest BCUT2D eigenvalue weighted by molar-refractivity contribution is 5.19. The second-order valence-electron chi connectivity index (χ2n) is 9.36. The molecule has 0 rings (SSSR count). The van der Waals surface area contributed by atoms with E-state index in [-0.39, 0.29) is 0 Å². The molecule has 0 spiro atoms. The largest absolute Gasteiger partial charge is 0.378 e. The lowest BCUT2D eigenvalue weighted by Gasteiger charge is -2.22. The molecule has 0 aromatic heterocycles. The molecule has 4 heteroatoms. The highest BCUT2D eigenvalue weighted by Gasteiger charge is 2.22. The summed E-state index contributed by atoms with van der Waals surface area (Å²) in [6.07, 6.45) is 1.25. The van der Waals surface area contributed by atoms with Crippen LogP contribution in [-0.4, -0.2) is 42.8 Å². The molecule has 152 valence electrons. The lowest BCUT2D eigenvalue weighted by molar-refractivity contribution is 0.0859. The van der Waals surface area contributed by atoms with Crippen molar-refractivity contribution in [2.24, 2.45) is 11.8 Å². The number of hydrogen-bond acceptors (Lipinski definition) is 4. The van der Waals surface area contributed by atoms with Crippen molar-refractivity contribution in [1.82, 2.24) is 0 Å². The van der Waals surface area contributed by atoms with E-state index in [0.717, 1.165) is 0 Å². The van der Waals surface area contributed by atoms with E-state index in [0.29, 0.717) is 24.7 Å². The average Bonchev–Trinajstić information content (AvgIpc) is 2.31. The summed E-state index contributed by atoms with van der Waals surface area (Å²) in [5.41, 5.74) is -4.04. The van der Waals surface area contributed by atoms with Gasteiger partial charge in [-0.15, -0.1) is 0 Å². The van der Waals surface area contributed by atoms with Crippen molar-refractivity contribution in [1.29, 1.82) is 0 Å². The van der Waals surface area contributed by atoms with Gasteiger partial charge < -0.3 is 20.4 Å². The normalized spacial score (nSPS) is 16.3. The third-order valence-corrected chi connectivity index (χ3v) is 2.89. The first-order valence-corrected chi connectivity index (χ1v) is 9.23. The molecule has 0 aromatic rings. The Morgan fingerprint density at radius 3 is 0.923 bits per heavy atom. The van der Waals surface area contributed by atoms with Crippen LogP contribution in [-0.2, 0) is 0 Å². The molecule has 4 N–H and O–H groups in total. The Kier molecular flexibility index (Phi) is 10.8. The van der Waals surface area contributed by atoms with Crippen molar-refractivity contribution >= 4 is 0 Å². The van der Waals surface area contributed by atoms with Gasteiger partial charge in [0.15, 0.2) is 0 Å². The highest BCUT2D eigenvalue weighted by Crippen LogP contribution is 2.18. The van der Waals surface area contributed by atoms with E-state index in [9.17, 15) is 10.2 Å². The van der Waals surface area contributed by atoms with Gasteiger partial charge in [-0.05, 0) is 66.2 Å². The van der Waals surface area contributed by atoms with Crippen LogP contribution in [0, 0.1) is 35.5 Å². The Labute approximate surface area is 161 Å². The zero-order chi connectivity index (χ0) is 21.4. The van der Waals surface area contributed by atoms with Crippen molar-refractivity contribution in [2.75, 3.05) is 0 Å². The minimum atomic E-state index is -1.01. The van der Waals surface area contributed by atoms with Gasteiger partial charge in [0.25, 0.3) is 0 Å². The van der Waals surface area contributed by atoms with Crippen LogP contribution in [0.2, 0.25) is 0 Å². The van der Waals surface area contributed by atoms with E-state index in [1.54, 1.807) is 41.5 Å². The first kappa shape index (κ1) is 27.2. The summed E-state index contributed by atoms with van der Waals surface area (Å²) in [5.74, 6) is 11.4. The molecular weight excluding hydrogens is 328 g/mol. The fourth-order valence-electron chi connectivity index (χ4n) is 2.27. The quantitative estimate of drug-likeness (QED) is 0.575. The van der Waals surface area contributed by atoms with E-state index in [1.807, 2.05) is 27.7 Å². The van der Waals surface area contributed by atoms with Crippen molar-refractivity contribution < 1.29 is 20.4 Å². The molecule has 0 heterocycles. The van der Waals surface area contributed by atoms with Gasteiger partial charge in [0.1, 0.15) is 22.4 Å². The van der Waals surface area contributed by atoms with Crippen LogP contribution >= 0.6 is 0 Å². The minimum Gasteiger partial charge on any atom is -0.378 e. The SMILES string of the molecule is CC(C)(O)C#CC(C)(C)O.CC(C)CC(C)(O)C#CC(C)(O)CC(C)C. The maximum absolute atomic E-state index is 10.00. The molecular formula is C22H40O4. The molecule has 2 unspecified atom stereocenters. The summed E-state index contributed by atoms with van der Waals surface area (Å²) in [7, 11) is 0. The van der Waals surface area contributed by atoms with Gasteiger partial charge in [-0.1, -0.05) is 51.4 Å². The minimum absolute atomic E-state index is 0.388. The summed E-state index contributed by atoms with van der Waals surface area (Å²) >= 11 is 0. The first-order valence-electron chi connectivity index (χ1n) is 9.23. The molecule has 0 fully saturated rings. The Bertz CT molecular complexity index is 477. The van der Waals surface area contributed by atoms with E-state index in [4.69, 9.17) is 10.2 Å². The topological polar surface area (TPSA) is 80.9 Å². The molecule has 0 amide bonds. The van der Waals surface area contributed by atoms with Crippen LogP contribution in [0.4, 0.5) is 0 Å². The second-order valence-corrected chi connectivity index (χ2v) is 9.36. The Morgan fingerprint density at radius 2 is 0.769 bits per heavy atom. The van der Waals surface area contributed by atoms with Crippen molar-refractivity contribution in [3.05, 3.63) is 0 Å². The van der Waals surface area contributed by atoms with Crippen LogP contribution < -0.4 is 0 Å². The monoisotopic (exact) mass is 368 g/mol. The first-order chi connectivity index (χ1) is 11.2. The zero-order valence-electron chi connectivity index (χ0n) is 18.4. The molecule has 0 radical (unpaired) electrons. The molecule has 0 aliphatic carbocycles. The standard InChI is InChI=1S/C14H26O2.C8H14O2/c1-11(2)9-13(5,15)7-8-14(6,16)10-12(3)4;1-7(2,9)5-6-8(3,4)10/h11-12,15-16H,9-10H2,1-6H3;9-10H,1-4H3. The van der Waals surface area contributed by atoms with Gasteiger partial charge in [-0.25, -0.2) is 0 Å². The molecule has 0 aliphatic rings. The lowest BCUT2D eigenvalue weighted by Crippen LogP contribution is -2.28. The summed E-state index contributed by atoms with van der Waals surface area (Å²) in [6, 6.07) is 0. The van der Waals surface area contributed by atoms with Crippen LogP contribution in [0.25, 0.3) is 0 Å². The van der Waals surface area contributed by atoms with E-state index < -0.39 is 22.4 Å². The molecule has 0 aromatic carbocycles. The predicted octanol–water partition coefficient (Wildman–Crippen LogP) is 3.12. The molecule has 4 nitrogen and oxygen atoms in total. The fourth-order valence-corrected chi connectivity index (χ4v) is 2.27. The maximum atomic E-state index is 10.00. The molecule has 26 heavy (non-hydrogen) atoms. The number of hydrogen-bond donors (Lipinski definition) is 4. The van der Waals surface area contributed by atoms with Crippen molar-refractivity contribution in [2.45, 2.75) is 104 Å². The maximum Gasteiger partial charge on any atom is 0.123 e. The van der Waals surface area contributed by atoms with Crippen molar-refractivity contribution in [3.63, 3.8) is 0 Å². The Hall–Kier alpha value is -1.04. The fraction of sp³-hybridized carbons (Fsp3) is 0.818. The van der Waals surface area contributed by atoms with Crippen LogP contribution in [0.5, 0.6) is 0 Å². The van der Waals surface area contributed by atoms with E-state index in [2.05, 4.69) is 23.7 Å². The number of aliphatic hydroxyl groups is 4. The van der Waals surface area contributed by atoms with Gasteiger partial charge in [0, 0.05) is 0 Å². The smallest absolute Gasteiger partial charge is 0.123 e. The van der Waals surface area contributed by atoms with Crippen LogP contribution in [0.3, 0.4) is 0 Å². The molecule has 0 bridgehead atoms. The zero-order valence-corrected chi connectivity index (χ0v) is 18.4. The van der Waals surface area contributed by atoms with Gasteiger partial charge in [0.2, 0.25) is 0 Å². The van der Waals surface area contributed by atoms with Gasteiger partial charge in [-0.3, -0.25) is 0 Å². The molecule has 0 aliphatic heterocycles. The summed E-state index contributed by atoms with van der Waals surface area (Å²) in [5, 5.41) is 38.2. The van der Waals surface area contributed by atoms with E-state index >= 15 is 0 Å². The van der Waals surface area contributed by atoms with Gasteiger partial charge >= 0.3 is 0 Å². The number of rotatable bonds is 4. The highest BCUT2D eigenvalue weighted by atomic mass is 16.3. The van der Waals surface area contributed by atoms with Crippen LogP contribution in [0.1, 0.15) is 82.1 Å². The van der Waals surface area contributed by atoms with Gasteiger partial charge in [-0.2, -0.15) is 0 Å². The summed E-state index contributed by atoms with van der Waals surface area (Å²) < 4.78 is 0. The van der Waals surface area contributed by atoms with E-state index in [1.165, 1.54) is 0 Å². The molecule has 0 saturated carbocycles. The summed E-state index contributed by atoms with van der Waals surface area (Å²) in [4.78, 5) is 0. The van der Waals surface area contributed by atoms with Crippen molar-refractivity contribution in [3.8, 4) is 23.7 Å². The lowest BCUT2D eigenvalue weighted by atomic mass is 9.91. The summed E-state index contributed by atoms with van der Waals surface area (Å²) in [6.45, 7) is 17.9. The van der Waals surface area contributed by atoms with Gasteiger partial charge in [0.05, 0.1) is 0 Å². The molecule has 2 atom stereocenters. The Morgan fingerprint density at radius 1 is 0.538 bits per heavy atom. The average molecular weight is 369 g/mol. The molecule has 0 saturated heterocycles. The Balaban J connectivity index is 0. The predicted molar refractivity (Wildman–Crippen MR) is 108 cm³/mol. The van der Waals surface area contributed by atoms with Crippen LogP contribution in [0.15, 0.2) is 0 Å². The second kappa shape index (κ2) is 10.3.